The van der Waals surface area contributed by atoms with Gasteiger partial charge in [0.05, 0.1) is 4.92 Å². The van der Waals surface area contributed by atoms with E-state index in [4.69, 9.17) is 0 Å². The van der Waals surface area contributed by atoms with E-state index in [-0.39, 0.29) is 10.9 Å². The summed E-state index contributed by atoms with van der Waals surface area (Å²) in [5.41, 5.74) is -0.429. The molecular weight excluding hydrogens is 336 g/mol. The molecule has 0 aliphatic heterocycles. The number of benzene rings is 1. The fourth-order valence-corrected chi connectivity index (χ4v) is 3.70. The minimum absolute atomic E-state index is 0.233. The van der Waals surface area contributed by atoms with Crippen LogP contribution in [-0.2, 0) is 10.0 Å². The summed E-state index contributed by atoms with van der Waals surface area (Å²) in [5, 5.41) is 10.9. The Morgan fingerprint density at radius 3 is 2.42 bits per heavy atom. The number of rotatable bonds is 6. The topological polar surface area (TPSA) is 89.3 Å². The molecule has 0 aromatic heterocycles. The molecule has 0 saturated heterocycles. The first kappa shape index (κ1) is 16.1. The summed E-state index contributed by atoms with van der Waals surface area (Å²) >= 11 is 3.12. The quantitative estimate of drug-likeness (QED) is 0.630. The molecule has 1 aromatic rings. The van der Waals surface area contributed by atoms with Gasteiger partial charge in [-0.1, -0.05) is 29.8 Å². The van der Waals surface area contributed by atoms with Crippen molar-refractivity contribution < 1.29 is 13.3 Å². The molecule has 106 valence electrons. The minimum Gasteiger partial charge on any atom is -0.258 e. The van der Waals surface area contributed by atoms with Gasteiger partial charge in [0.25, 0.3) is 5.69 Å². The lowest BCUT2D eigenvalue weighted by molar-refractivity contribution is -0.387. The van der Waals surface area contributed by atoms with Gasteiger partial charge in [-0.15, -0.1) is 0 Å². The normalized spacial score (nSPS) is 11.8. The van der Waals surface area contributed by atoms with Gasteiger partial charge in [0.15, 0.2) is 4.90 Å². The Hall–Kier alpha value is -0.990. The molecule has 0 aliphatic rings. The molecule has 0 fully saturated rings. The van der Waals surface area contributed by atoms with Gasteiger partial charge in [-0.05, 0) is 25.0 Å². The summed E-state index contributed by atoms with van der Waals surface area (Å²) in [4.78, 5) is 9.88. The number of nitrogens with one attached hydrogen (secondary N) is 1. The van der Waals surface area contributed by atoms with Crippen LogP contribution in [0.2, 0.25) is 0 Å². The van der Waals surface area contributed by atoms with Crippen molar-refractivity contribution in [1.29, 1.82) is 0 Å². The molecule has 0 heterocycles. The molecule has 0 bridgehead atoms. The van der Waals surface area contributed by atoms with Gasteiger partial charge in [0.1, 0.15) is 0 Å². The highest BCUT2D eigenvalue weighted by molar-refractivity contribution is 9.10. The van der Waals surface area contributed by atoms with Crippen LogP contribution in [0.15, 0.2) is 27.6 Å². The first-order valence-corrected chi connectivity index (χ1v) is 8.05. The number of nitrogens with zero attached hydrogens (tertiary/aromatic N) is 1. The zero-order valence-electron chi connectivity index (χ0n) is 10.6. The van der Waals surface area contributed by atoms with E-state index >= 15 is 0 Å². The van der Waals surface area contributed by atoms with Gasteiger partial charge in [0.2, 0.25) is 10.0 Å². The predicted octanol–water partition coefficient (Wildman–Crippen LogP) is 2.82. The molecule has 0 unspecified atom stereocenters. The summed E-state index contributed by atoms with van der Waals surface area (Å²) in [7, 11) is -3.90. The maximum atomic E-state index is 12.2. The van der Waals surface area contributed by atoms with Crippen LogP contribution in [0.1, 0.15) is 26.7 Å². The summed E-state index contributed by atoms with van der Waals surface area (Å²) in [6.45, 7) is 3.71. The highest BCUT2D eigenvalue weighted by Crippen LogP contribution is 2.27. The number of hydrogen-bond donors (Lipinski definition) is 1. The zero-order chi connectivity index (χ0) is 14.6. The van der Waals surface area contributed by atoms with Crippen molar-refractivity contribution >= 4 is 31.6 Å². The van der Waals surface area contributed by atoms with Crippen molar-refractivity contribution in [3.8, 4) is 0 Å². The molecule has 1 aromatic carbocycles. The van der Waals surface area contributed by atoms with Crippen LogP contribution in [0.4, 0.5) is 5.69 Å². The lowest BCUT2D eigenvalue weighted by Crippen LogP contribution is -2.34. The second kappa shape index (κ2) is 6.44. The van der Waals surface area contributed by atoms with Crippen LogP contribution in [-0.4, -0.2) is 19.4 Å². The van der Waals surface area contributed by atoms with Gasteiger partial charge < -0.3 is 0 Å². The highest BCUT2D eigenvalue weighted by Gasteiger charge is 2.27. The number of nitro groups is 1. The second-order valence-electron chi connectivity index (χ2n) is 4.00. The van der Waals surface area contributed by atoms with Crippen LogP contribution >= 0.6 is 15.9 Å². The van der Waals surface area contributed by atoms with E-state index < -0.39 is 20.6 Å². The number of nitro benzene ring substituents is 1. The molecule has 1 N–H and O–H groups in total. The van der Waals surface area contributed by atoms with Crippen LogP contribution in [0.25, 0.3) is 0 Å². The summed E-state index contributed by atoms with van der Waals surface area (Å²) in [6.07, 6.45) is 1.25. The van der Waals surface area contributed by atoms with Crippen LogP contribution in [0.5, 0.6) is 0 Å². The van der Waals surface area contributed by atoms with Crippen LogP contribution in [0.3, 0.4) is 0 Å². The molecule has 0 saturated carbocycles. The molecule has 0 radical (unpaired) electrons. The van der Waals surface area contributed by atoms with Crippen molar-refractivity contribution in [2.75, 3.05) is 0 Å². The van der Waals surface area contributed by atoms with E-state index in [1.807, 2.05) is 13.8 Å². The Labute approximate surface area is 120 Å². The Morgan fingerprint density at radius 1 is 1.37 bits per heavy atom. The largest absolute Gasteiger partial charge is 0.289 e. The summed E-state index contributed by atoms with van der Waals surface area (Å²) in [6, 6.07) is 3.62. The first-order valence-electron chi connectivity index (χ1n) is 5.78. The Balaban J connectivity index is 3.27. The van der Waals surface area contributed by atoms with Crippen molar-refractivity contribution in [3.05, 3.63) is 32.8 Å². The number of halogens is 1. The summed E-state index contributed by atoms with van der Waals surface area (Å²) < 4.78 is 27.4. The van der Waals surface area contributed by atoms with Gasteiger partial charge >= 0.3 is 0 Å². The highest BCUT2D eigenvalue weighted by atomic mass is 79.9. The first-order chi connectivity index (χ1) is 8.81. The predicted molar refractivity (Wildman–Crippen MR) is 75.5 cm³/mol. The van der Waals surface area contributed by atoms with Gasteiger partial charge in [-0.25, -0.2) is 13.1 Å². The average molecular weight is 351 g/mol. The molecule has 0 spiro atoms. The fourth-order valence-electron chi connectivity index (χ4n) is 1.59. The Kier molecular flexibility index (Phi) is 5.45. The zero-order valence-corrected chi connectivity index (χ0v) is 13.0. The van der Waals surface area contributed by atoms with Crippen molar-refractivity contribution in [1.82, 2.24) is 4.72 Å². The third-order valence-corrected chi connectivity index (χ3v) is 4.76. The molecule has 8 heteroatoms. The van der Waals surface area contributed by atoms with Gasteiger partial charge in [0, 0.05) is 16.6 Å². The smallest absolute Gasteiger partial charge is 0.258 e. The third kappa shape index (κ3) is 3.99. The van der Waals surface area contributed by atoms with E-state index in [2.05, 4.69) is 20.7 Å². The average Bonchev–Trinajstić information content (AvgIpc) is 2.35. The molecule has 19 heavy (non-hydrogen) atoms. The molecule has 6 nitrogen and oxygen atoms in total. The Morgan fingerprint density at radius 2 is 1.95 bits per heavy atom. The fraction of sp³-hybridized carbons (Fsp3) is 0.455. The molecule has 0 atom stereocenters. The van der Waals surface area contributed by atoms with Crippen LogP contribution < -0.4 is 4.72 Å². The lowest BCUT2D eigenvalue weighted by Gasteiger charge is -2.15. The standard InChI is InChI=1S/C11H15BrN2O4S/c1-3-9(4-2)13-19(17,18)11-7-8(12)5-6-10(11)14(15)16/h5-7,9,13H,3-4H2,1-2H3. The van der Waals surface area contributed by atoms with Gasteiger partial charge in [-0.2, -0.15) is 0 Å². The second-order valence-corrected chi connectivity index (χ2v) is 6.60. The number of sulfonamides is 1. The molecule has 0 amide bonds. The van der Waals surface area contributed by atoms with Gasteiger partial charge in [-0.3, -0.25) is 10.1 Å². The monoisotopic (exact) mass is 350 g/mol. The van der Waals surface area contributed by atoms with E-state index in [0.717, 1.165) is 0 Å². The van der Waals surface area contributed by atoms with Crippen molar-refractivity contribution in [2.24, 2.45) is 0 Å². The Bertz CT molecular complexity index is 570. The maximum Gasteiger partial charge on any atom is 0.289 e. The van der Waals surface area contributed by atoms with Crippen LogP contribution in [0, 0.1) is 10.1 Å². The molecule has 1 rings (SSSR count). The summed E-state index contributed by atoms with van der Waals surface area (Å²) in [5.74, 6) is 0. The third-order valence-electron chi connectivity index (χ3n) is 2.72. The SMILES string of the molecule is CCC(CC)NS(=O)(=O)c1cc(Br)ccc1[N+](=O)[O-]. The number of hydrogen-bond acceptors (Lipinski definition) is 4. The lowest BCUT2D eigenvalue weighted by atomic mass is 10.2. The molecular formula is C11H15BrN2O4S. The van der Waals surface area contributed by atoms with E-state index in [1.54, 1.807) is 0 Å². The minimum atomic E-state index is -3.90. The van der Waals surface area contributed by atoms with E-state index in [9.17, 15) is 18.5 Å². The van der Waals surface area contributed by atoms with Crippen molar-refractivity contribution in [3.63, 3.8) is 0 Å². The maximum absolute atomic E-state index is 12.2. The molecule has 0 aliphatic carbocycles. The van der Waals surface area contributed by atoms with Crippen molar-refractivity contribution in [2.45, 2.75) is 37.6 Å². The van der Waals surface area contributed by atoms with E-state index in [1.165, 1.54) is 18.2 Å². The van der Waals surface area contributed by atoms with E-state index in [0.29, 0.717) is 17.3 Å².